The molecule has 0 radical (unpaired) electrons. The molecule has 0 aromatic heterocycles. The first-order chi connectivity index (χ1) is 6.68. The van der Waals surface area contributed by atoms with Crippen LogP contribution in [0.5, 0.6) is 0 Å². The largest absolute Gasteiger partial charge is 0.389 e. The molecule has 2 N–H and O–H groups in total. The summed E-state index contributed by atoms with van der Waals surface area (Å²) in [7, 11) is 0. The normalized spacial score (nSPS) is 50.8. The van der Waals surface area contributed by atoms with E-state index in [2.05, 4.69) is 12.2 Å². The third-order valence-corrected chi connectivity index (χ3v) is 4.15. The highest BCUT2D eigenvalue weighted by molar-refractivity contribution is 5.32. The molecular weight excluding hydrogens is 176 g/mol. The number of hydrogen-bond acceptors (Lipinski definition) is 2. The third-order valence-electron chi connectivity index (χ3n) is 4.15. The van der Waals surface area contributed by atoms with Gasteiger partial charge in [-0.15, -0.1) is 0 Å². The average Bonchev–Trinajstić information content (AvgIpc) is 2.75. The molecule has 0 aliphatic heterocycles. The zero-order chi connectivity index (χ0) is 9.87. The molecule has 0 heterocycles. The Labute approximate surface area is 83.9 Å². The summed E-state index contributed by atoms with van der Waals surface area (Å²) in [5.41, 5.74) is 1.07. The van der Waals surface area contributed by atoms with Crippen molar-refractivity contribution in [2.45, 2.75) is 25.6 Å². The van der Waals surface area contributed by atoms with Crippen LogP contribution in [0.2, 0.25) is 0 Å². The van der Waals surface area contributed by atoms with Crippen LogP contribution in [0.15, 0.2) is 23.8 Å². The minimum absolute atomic E-state index is 0.329. The lowest BCUT2D eigenvalue weighted by atomic mass is 9.80. The summed E-state index contributed by atoms with van der Waals surface area (Å²) in [6, 6.07) is 0. The van der Waals surface area contributed by atoms with E-state index in [0.29, 0.717) is 23.7 Å². The minimum atomic E-state index is -0.396. The highest BCUT2D eigenvalue weighted by Gasteiger charge is 2.52. The van der Waals surface area contributed by atoms with Crippen LogP contribution in [0.1, 0.15) is 13.3 Å². The predicted octanol–water partition coefficient (Wildman–Crippen LogP) is 1.11. The maximum Gasteiger partial charge on any atom is 0.0764 e. The molecule has 0 aromatic carbocycles. The van der Waals surface area contributed by atoms with Gasteiger partial charge in [-0.05, 0) is 36.7 Å². The van der Waals surface area contributed by atoms with Gasteiger partial charge >= 0.3 is 0 Å². The van der Waals surface area contributed by atoms with E-state index in [9.17, 15) is 10.2 Å². The molecule has 0 amide bonds. The van der Waals surface area contributed by atoms with E-state index in [-0.39, 0.29) is 6.10 Å². The van der Waals surface area contributed by atoms with Gasteiger partial charge in [0.2, 0.25) is 0 Å². The van der Waals surface area contributed by atoms with Crippen LogP contribution in [0.4, 0.5) is 0 Å². The van der Waals surface area contributed by atoms with Gasteiger partial charge in [0.15, 0.2) is 0 Å². The maximum atomic E-state index is 9.92. The van der Waals surface area contributed by atoms with Crippen LogP contribution in [-0.2, 0) is 0 Å². The topological polar surface area (TPSA) is 40.5 Å². The summed E-state index contributed by atoms with van der Waals surface area (Å²) in [6.07, 6.45) is 6.84. The van der Waals surface area contributed by atoms with Crippen LogP contribution >= 0.6 is 0 Å². The second-order valence-electron chi connectivity index (χ2n) is 4.88. The van der Waals surface area contributed by atoms with Crippen LogP contribution in [-0.4, -0.2) is 22.4 Å². The molecule has 1 saturated carbocycles. The molecule has 76 valence electrons. The number of allylic oxidation sites excluding steroid dienone is 2. The second kappa shape index (κ2) is 2.71. The number of hydrogen-bond donors (Lipinski definition) is 2. The third kappa shape index (κ3) is 0.931. The fourth-order valence-corrected chi connectivity index (χ4v) is 3.63. The number of aliphatic hydroxyl groups is 2. The Hall–Kier alpha value is -0.600. The summed E-state index contributed by atoms with van der Waals surface area (Å²) in [5, 5.41) is 19.6. The fourth-order valence-electron chi connectivity index (χ4n) is 3.63. The van der Waals surface area contributed by atoms with Crippen molar-refractivity contribution < 1.29 is 10.2 Å². The quantitative estimate of drug-likeness (QED) is 0.611. The molecule has 1 fully saturated rings. The van der Waals surface area contributed by atoms with Crippen molar-refractivity contribution in [3.63, 3.8) is 0 Å². The SMILES string of the molecule is C[C@@H](O)C1=C[C@@H](O)[C@@H]2[C@H]1[C@@H]1C=C[C@H]2C1. The summed E-state index contributed by atoms with van der Waals surface area (Å²) in [5.74, 6) is 1.89. The van der Waals surface area contributed by atoms with Gasteiger partial charge in [0, 0.05) is 5.92 Å². The van der Waals surface area contributed by atoms with E-state index in [0.717, 1.165) is 5.57 Å². The Morgan fingerprint density at radius 1 is 1.36 bits per heavy atom. The molecule has 14 heavy (non-hydrogen) atoms. The monoisotopic (exact) mass is 192 g/mol. The van der Waals surface area contributed by atoms with E-state index in [1.54, 1.807) is 6.92 Å². The molecule has 3 rings (SSSR count). The van der Waals surface area contributed by atoms with Crippen molar-refractivity contribution in [1.82, 2.24) is 0 Å². The molecule has 2 bridgehead atoms. The van der Waals surface area contributed by atoms with Gasteiger partial charge < -0.3 is 10.2 Å². The first-order valence-corrected chi connectivity index (χ1v) is 5.44. The lowest BCUT2D eigenvalue weighted by Crippen LogP contribution is -2.26. The van der Waals surface area contributed by atoms with Crippen molar-refractivity contribution in [1.29, 1.82) is 0 Å². The van der Waals surface area contributed by atoms with Gasteiger partial charge in [-0.1, -0.05) is 18.2 Å². The lowest BCUT2D eigenvalue weighted by Gasteiger charge is -2.26. The first-order valence-electron chi connectivity index (χ1n) is 5.44. The fraction of sp³-hybridized carbons (Fsp3) is 0.667. The van der Waals surface area contributed by atoms with E-state index >= 15 is 0 Å². The van der Waals surface area contributed by atoms with Gasteiger partial charge in [-0.25, -0.2) is 0 Å². The number of fused-ring (bicyclic) bond motifs is 5. The number of aliphatic hydroxyl groups excluding tert-OH is 2. The molecule has 0 aromatic rings. The predicted molar refractivity (Wildman–Crippen MR) is 53.5 cm³/mol. The Morgan fingerprint density at radius 2 is 2.07 bits per heavy atom. The van der Waals surface area contributed by atoms with E-state index in [1.165, 1.54) is 6.42 Å². The van der Waals surface area contributed by atoms with Crippen molar-refractivity contribution in [2.75, 3.05) is 0 Å². The van der Waals surface area contributed by atoms with Crippen molar-refractivity contribution in [3.8, 4) is 0 Å². The summed E-state index contributed by atoms with van der Waals surface area (Å²) >= 11 is 0. The van der Waals surface area contributed by atoms with Gasteiger partial charge in [-0.2, -0.15) is 0 Å². The Morgan fingerprint density at radius 3 is 2.79 bits per heavy atom. The van der Waals surface area contributed by atoms with Crippen LogP contribution in [0.3, 0.4) is 0 Å². The van der Waals surface area contributed by atoms with Crippen molar-refractivity contribution in [3.05, 3.63) is 23.8 Å². The molecule has 0 spiro atoms. The Bertz CT molecular complexity index is 316. The zero-order valence-electron chi connectivity index (χ0n) is 8.30. The van der Waals surface area contributed by atoms with Crippen LogP contribution in [0, 0.1) is 23.7 Å². The summed E-state index contributed by atoms with van der Waals surface area (Å²) < 4.78 is 0. The lowest BCUT2D eigenvalue weighted by molar-refractivity contribution is 0.126. The molecule has 2 heteroatoms. The molecule has 3 aliphatic rings. The highest BCUT2D eigenvalue weighted by atomic mass is 16.3. The van der Waals surface area contributed by atoms with E-state index < -0.39 is 6.10 Å². The molecular formula is C12H16O2. The standard InChI is InChI=1S/C12H16O2/c1-6(13)9-5-10(14)12-8-3-2-7(4-8)11(9)12/h2-3,5-8,10-14H,4H2,1H3/t6-,7-,8+,10-,11+,12-/m1/s1. The van der Waals surface area contributed by atoms with Gasteiger partial charge in [0.05, 0.1) is 12.2 Å². The summed E-state index contributed by atoms with van der Waals surface area (Å²) in [4.78, 5) is 0. The molecule has 0 unspecified atom stereocenters. The van der Waals surface area contributed by atoms with E-state index in [4.69, 9.17) is 0 Å². The van der Waals surface area contributed by atoms with Gasteiger partial charge in [-0.3, -0.25) is 0 Å². The van der Waals surface area contributed by atoms with Crippen LogP contribution in [0.25, 0.3) is 0 Å². The smallest absolute Gasteiger partial charge is 0.0764 e. The van der Waals surface area contributed by atoms with Gasteiger partial charge in [0.25, 0.3) is 0 Å². The van der Waals surface area contributed by atoms with Crippen molar-refractivity contribution in [2.24, 2.45) is 23.7 Å². The molecule has 3 aliphatic carbocycles. The second-order valence-corrected chi connectivity index (χ2v) is 4.88. The highest BCUT2D eigenvalue weighted by Crippen LogP contribution is 2.56. The number of rotatable bonds is 1. The summed E-state index contributed by atoms with van der Waals surface area (Å²) in [6.45, 7) is 1.80. The minimum Gasteiger partial charge on any atom is -0.389 e. The molecule has 6 atom stereocenters. The molecule has 0 saturated heterocycles. The average molecular weight is 192 g/mol. The molecule has 2 nitrogen and oxygen atoms in total. The van der Waals surface area contributed by atoms with Crippen LogP contribution < -0.4 is 0 Å². The maximum absolute atomic E-state index is 9.92. The van der Waals surface area contributed by atoms with Crippen molar-refractivity contribution >= 4 is 0 Å². The first kappa shape index (κ1) is 8.69. The Balaban J connectivity index is 1.98. The van der Waals surface area contributed by atoms with Gasteiger partial charge in [0.1, 0.15) is 0 Å². The Kier molecular flexibility index (Phi) is 1.68. The zero-order valence-corrected chi connectivity index (χ0v) is 8.30. The van der Waals surface area contributed by atoms with E-state index in [1.807, 2.05) is 6.08 Å².